The first-order chi connectivity index (χ1) is 13.7. The second-order valence-electron chi connectivity index (χ2n) is 8.17. The first-order valence-electron chi connectivity index (χ1n) is 10.2. The number of para-hydroxylation sites is 1. The van der Waals surface area contributed by atoms with Crippen molar-refractivity contribution in [2.45, 2.75) is 57.5 Å². The molecule has 1 aliphatic carbocycles. The predicted octanol–water partition coefficient (Wildman–Crippen LogP) is 2.55. The van der Waals surface area contributed by atoms with Crippen LogP contribution in [0, 0.1) is 5.92 Å². The highest BCUT2D eigenvalue weighted by atomic mass is 16.5. The van der Waals surface area contributed by atoms with Crippen molar-refractivity contribution >= 4 is 5.91 Å². The summed E-state index contributed by atoms with van der Waals surface area (Å²) < 4.78 is 14.1. The molecule has 0 unspecified atom stereocenters. The molecule has 2 aliphatic heterocycles. The van der Waals surface area contributed by atoms with Crippen LogP contribution in [0.3, 0.4) is 0 Å². The molecule has 0 radical (unpaired) electrons. The fraction of sp³-hybridized carbons (Fsp3) is 0.571. The van der Waals surface area contributed by atoms with Crippen molar-refractivity contribution in [3.05, 3.63) is 41.7 Å². The number of aromatic nitrogens is 3. The lowest BCUT2D eigenvalue weighted by atomic mass is 9.83. The molecule has 0 bridgehead atoms. The highest BCUT2D eigenvalue weighted by Gasteiger charge is 2.42. The number of carbonyl (C=O) groups is 1. The highest BCUT2D eigenvalue weighted by Crippen LogP contribution is 2.35. The Kier molecular flexibility index (Phi) is 4.55. The van der Waals surface area contributed by atoms with Gasteiger partial charge >= 0.3 is 0 Å². The van der Waals surface area contributed by atoms with Crippen molar-refractivity contribution in [1.82, 2.24) is 19.9 Å². The van der Waals surface area contributed by atoms with E-state index in [9.17, 15) is 4.79 Å². The van der Waals surface area contributed by atoms with Crippen LogP contribution in [-0.4, -0.2) is 44.5 Å². The van der Waals surface area contributed by atoms with Gasteiger partial charge in [0.05, 0.1) is 24.4 Å². The van der Waals surface area contributed by atoms with Crippen LogP contribution < -0.4 is 4.74 Å². The van der Waals surface area contributed by atoms with Crippen molar-refractivity contribution in [2.75, 3.05) is 13.1 Å². The van der Waals surface area contributed by atoms with Crippen LogP contribution >= 0.6 is 0 Å². The average molecular weight is 382 g/mol. The average Bonchev–Trinajstić information content (AvgIpc) is 3.08. The van der Waals surface area contributed by atoms with Crippen molar-refractivity contribution in [2.24, 2.45) is 5.92 Å². The molecule has 7 nitrogen and oxygen atoms in total. The van der Waals surface area contributed by atoms with Gasteiger partial charge in [-0.25, -0.2) is 4.68 Å². The third-order valence-electron chi connectivity index (χ3n) is 6.43. The van der Waals surface area contributed by atoms with Gasteiger partial charge in [-0.3, -0.25) is 4.79 Å². The molecule has 5 rings (SSSR count). The summed E-state index contributed by atoms with van der Waals surface area (Å²) in [7, 11) is 0. The van der Waals surface area contributed by atoms with Gasteiger partial charge in [0.2, 0.25) is 5.91 Å². The number of benzene rings is 1. The zero-order valence-corrected chi connectivity index (χ0v) is 16.0. The minimum Gasteiger partial charge on any atom is -0.487 e. The fourth-order valence-electron chi connectivity index (χ4n) is 4.32. The monoisotopic (exact) mass is 382 g/mol. The quantitative estimate of drug-likeness (QED) is 0.813. The van der Waals surface area contributed by atoms with Crippen LogP contribution in [0.2, 0.25) is 0 Å². The first-order valence-corrected chi connectivity index (χ1v) is 10.2. The summed E-state index contributed by atoms with van der Waals surface area (Å²) in [6, 6.07) is 9.72. The Morgan fingerprint density at radius 3 is 2.71 bits per heavy atom. The van der Waals surface area contributed by atoms with Crippen molar-refractivity contribution in [3.8, 4) is 5.75 Å². The molecule has 148 valence electrons. The topological polar surface area (TPSA) is 69.5 Å². The Balaban J connectivity index is 1.20. The SMILES string of the molecule is O=C(C1CCC1)N1CCC2(CC1)Cn1nnc(COc3ccccc3)c1CO2. The van der Waals surface area contributed by atoms with Crippen molar-refractivity contribution in [3.63, 3.8) is 0 Å². The maximum atomic E-state index is 12.5. The summed E-state index contributed by atoms with van der Waals surface area (Å²) in [4.78, 5) is 14.5. The number of ether oxygens (including phenoxy) is 2. The van der Waals surface area contributed by atoms with Crippen LogP contribution in [0.4, 0.5) is 0 Å². The molecule has 1 saturated heterocycles. The van der Waals surface area contributed by atoms with E-state index in [0.717, 1.165) is 55.9 Å². The van der Waals surface area contributed by atoms with E-state index in [1.54, 1.807) is 0 Å². The third kappa shape index (κ3) is 3.28. The molecule has 1 saturated carbocycles. The Labute approximate surface area is 164 Å². The Morgan fingerprint density at radius 2 is 2.00 bits per heavy atom. The number of fused-ring (bicyclic) bond motifs is 1. The predicted molar refractivity (Wildman–Crippen MR) is 101 cm³/mol. The summed E-state index contributed by atoms with van der Waals surface area (Å²) in [6.07, 6.45) is 5.05. The number of hydrogen-bond acceptors (Lipinski definition) is 5. The van der Waals surface area contributed by atoms with Crippen LogP contribution in [0.1, 0.15) is 43.5 Å². The third-order valence-corrected chi connectivity index (χ3v) is 6.43. The standard InChI is InChI=1S/C21H26N4O3/c26-20(16-5-4-6-16)24-11-9-21(10-12-24)15-25-19(14-28-21)18(22-23-25)13-27-17-7-2-1-3-8-17/h1-3,7-8,16H,4-6,9-15H2. The molecule has 3 aliphatic rings. The van der Waals surface area contributed by atoms with Gasteiger partial charge in [-0.05, 0) is 37.8 Å². The molecule has 7 heteroatoms. The summed E-state index contributed by atoms with van der Waals surface area (Å²) in [5.74, 6) is 1.44. The van der Waals surface area contributed by atoms with Crippen LogP contribution in [0.25, 0.3) is 0 Å². The van der Waals surface area contributed by atoms with E-state index >= 15 is 0 Å². The molecule has 28 heavy (non-hydrogen) atoms. The largest absolute Gasteiger partial charge is 0.487 e. The molecule has 1 aromatic heterocycles. The molecule has 2 fully saturated rings. The Hall–Kier alpha value is -2.41. The van der Waals surface area contributed by atoms with Gasteiger partial charge in [-0.15, -0.1) is 5.10 Å². The molecular formula is C21H26N4O3. The van der Waals surface area contributed by atoms with Gasteiger partial charge < -0.3 is 14.4 Å². The van der Waals surface area contributed by atoms with Gasteiger partial charge in [-0.1, -0.05) is 29.8 Å². The second kappa shape index (κ2) is 7.20. The van der Waals surface area contributed by atoms with Crippen molar-refractivity contribution < 1.29 is 14.3 Å². The smallest absolute Gasteiger partial charge is 0.225 e. The lowest BCUT2D eigenvalue weighted by molar-refractivity contribution is -0.151. The second-order valence-corrected chi connectivity index (χ2v) is 8.17. The first kappa shape index (κ1) is 17.7. The molecular weight excluding hydrogens is 356 g/mol. The maximum absolute atomic E-state index is 12.5. The number of nitrogens with zero attached hydrogens (tertiary/aromatic N) is 4. The Bertz CT molecular complexity index is 839. The highest BCUT2D eigenvalue weighted by molar-refractivity contribution is 5.79. The van der Waals surface area contributed by atoms with Crippen LogP contribution in [0.15, 0.2) is 30.3 Å². The maximum Gasteiger partial charge on any atom is 0.225 e. The number of likely N-dealkylation sites (tertiary alicyclic amines) is 1. The Morgan fingerprint density at radius 1 is 1.21 bits per heavy atom. The van der Waals surface area contributed by atoms with Gasteiger partial charge in [0.1, 0.15) is 18.1 Å². The number of piperidine rings is 1. The van der Waals surface area contributed by atoms with E-state index in [4.69, 9.17) is 9.47 Å². The number of amides is 1. The summed E-state index contributed by atoms with van der Waals surface area (Å²) in [6.45, 7) is 3.15. The van der Waals surface area contributed by atoms with Crippen LogP contribution in [-0.2, 0) is 29.3 Å². The number of rotatable bonds is 4. The van der Waals surface area contributed by atoms with Gasteiger partial charge in [0.25, 0.3) is 0 Å². The lowest BCUT2D eigenvalue weighted by Crippen LogP contribution is -2.53. The van der Waals surface area contributed by atoms with Crippen molar-refractivity contribution in [1.29, 1.82) is 0 Å². The van der Waals surface area contributed by atoms with Gasteiger partial charge in [0, 0.05) is 19.0 Å². The molecule has 1 amide bonds. The number of carbonyl (C=O) groups excluding carboxylic acids is 1. The zero-order chi connectivity index (χ0) is 19.0. The molecule has 2 aromatic rings. The number of hydrogen-bond donors (Lipinski definition) is 0. The molecule has 1 spiro atoms. The summed E-state index contributed by atoms with van der Waals surface area (Å²) in [5, 5.41) is 8.67. The lowest BCUT2D eigenvalue weighted by Gasteiger charge is -2.44. The van der Waals surface area contributed by atoms with Crippen LogP contribution in [0.5, 0.6) is 5.75 Å². The van der Waals surface area contributed by atoms with E-state index in [-0.39, 0.29) is 11.5 Å². The van der Waals surface area contributed by atoms with E-state index in [1.807, 2.05) is 39.9 Å². The molecule has 0 N–H and O–H groups in total. The van der Waals surface area contributed by atoms with Gasteiger partial charge in [-0.2, -0.15) is 0 Å². The van der Waals surface area contributed by atoms with Gasteiger partial charge in [0.15, 0.2) is 0 Å². The minimum absolute atomic E-state index is 0.228. The van der Waals surface area contributed by atoms with E-state index in [0.29, 0.717) is 25.7 Å². The molecule has 1 aromatic carbocycles. The molecule has 0 atom stereocenters. The minimum atomic E-state index is -0.228. The van der Waals surface area contributed by atoms with E-state index in [2.05, 4.69) is 10.3 Å². The summed E-state index contributed by atoms with van der Waals surface area (Å²) >= 11 is 0. The zero-order valence-electron chi connectivity index (χ0n) is 16.0. The fourth-order valence-corrected chi connectivity index (χ4v) is 4.32. The normalized spacial score (nSPS) is 21.2. The van der Waals surface area contributed by atoms with E-state index in [1.165, 1.54) is 6.42 Å². The summed E-state index contributed by atoms with van der Waals surface area (Å²) in [5.41, 5.74) is 1.60. The van der Waals surface area contributed by atoms with E-state index < -0.39 is 0 Å². The molecule has 3 heterocycles.